The van der Waals surface area contributed by atoms with Crippen molar-refractivity contribution >= 4 is 10.0 Å². The van der Waals surface area contributed by atoms with Crippen LogP contribution in [0.5, 0.6) is 0 Å². The Balaban J connectivity index is 1.77. The number of sulfonamides is 1. The van der Waals surface area contributed by atoms with Gasteiger partial charge in [-0.15, -0.1) is 0 Å². The van der Waals surface area contributed by atoms with Crippen molar-refractivity contribution in [1.29, 1.82) is 0 Å². The Morgan fingerprint density at radius 3 is 2.92 bits per heavy atom. The maximum atomic E-state index is 12.1. The molecule has 0 amide bonds. The Kier molecular flexibility index (Phi) is 4.72. The van der Waals surface area contributed by atoms with Crippen LogP contribution in [0.4, 0.5) is 0 Å². The van der Waals surface area contributed by atoms with E-state index < -0.39 is 15.6 Å². The summed E-state index contributed by atoms with van der Waals surface area (Å²) in [7, 11) is -2.11. The molecule has 1 aliphatic carbocycles. The molecule has 0 aromatic carbocycles. The van der Waals surface area contributed by atoms with Gasteiger partial charge in [-0.05, 0) is 18.9 Å². The molecular formula is C14H21N5O4S. The molecule has 2 heterocycles. The molecule has 2 aromatic heterocycles. The second kappa shape index (κ2) is 6.63. The van der Waals surface area contributed by atoms with Gasteiger partial charge in [0.25, 0.3) is 5.89 Å². The number of ether oxygens (including phenoxy) is 1. The summed E-state index contributed by atoms with van der Waals surface area (Å²) in [5.74, 6) is 0.687. The van der Waals surface area contributed by atoms with Crippen LogP contribution < -0.4 is 10.5 Å². The zero-order valence-electron chi connectivity index (χ0n) is 13.4. The Morgan fingerprint density at radius 1 is 1.46 bits per heavy atom. The normalized spacial score (nSPS) is 17.4. The maximum absolute atomic E-state index is 12.1. The van der Waals surface area contributed by atoms with Gasteiger partial charge in [0.2, 0.25) is 10.0 Å². The van der Waals surface area contributed by atoms with E-state index in [-0.39, 0.29) is 17.3 Å². The zero-order chi connectivity index (χ0) is 17.2. The Hall–Kier alpha value is -1.75. The number of hydrogen-bond acceptors (Lipinski definition) is 7. The average molecular weight is 355 g/mol. The predicted octanol–water partition coefficient (Wildman–Crippen LogP) is 0.717. The number of H-pyrrole nitrogens is 1. The van der Waals surface area contributed by atoms with Crippen LogP contribution in [0.15, 0.2) is 21.7 Å². The minimum absolute atomic E-state index is 0.0941. The summed E-state index contributed by atoms with van der Waals surface area (Å²) < 4.78 is 36.8. The molecule has 0 radical (unpaired) electrons. The molecule has 1 aliphatic rings. The standard InChI is InChI=1S/C14H21N5O4S/c1-22-7-6-17-24(20,21)10-8-11(16-9-10)12-18-13(19-23-12)14(15)4-2-3-5-14/h8-9,16-17H,2-7,15H2,1H3. The van der Waals surface area contributed by atoms with E-state index in [1.165, 1.54) is 19.4 Å². The van der Waals surface area contributed by atoms with Gasteiger partial charge in [-0.3, -0.25) is 0 Å². The van der Waals surface area contributed by atoms with E-state index in [9.17, 15) is 8.42 Å². The molecule has 2 aromatic rings. The first-order valence-corrected chi connectivity index (χ1v) is 9.23. The molecule has 0 bridgehead atoms. The molecule has 4 N–H and O–H groups in total. The fourth-order valence-corrected chi connectivity index (χ4v) is 3.78. The van der Waals surface area contributed by atoms with Gasteiger partial charge in [0.1, 0.15) is 10.6 Å². The molecule has 24 heavy (non-hydrogen) atoms. The summed E-state index contributed by atoms with van der Waals surface area (Å²) in [5, 5.41) is 3.97. The van der Waals surface area contributed by atoms with Crippen molar-refractivity contribution in [2.75, 3.05) is 20.3 Å². The molecule has 10 heteroatoms. The van der Waals surface area contributed by atoms with Crippen molar-refractivity contribution in [1.82, 2.24) is 19.8 Å². The lowest BCUT2D eigenvalue weighted by Crippen LogP contribution is -2.34. The number of aromatic amines is 1. The van der Waals surface area contributed by atoms with Crippen molar-refractivity contribution in [3.05, 3.63) is 18.1 Å². The third-order valence-corrected chi connectivity index (χ3v) is 5.60. The maximum Gasteiger partial charge on any atom is 0.274 e. The van der Waals surface area contributed by atoms with E-state index in [0.29, 0.717) is 18.1 Å². The molecular weight excluding hydrogens is 334 g/mol. The minimum atomic E-state index is -3.62. The number of methoxy groups -OCH3 is 1. The number of hydrogen-bond donors (Lipinski definition) is 3. The SMILES string of the molecule is COCCNS(=O)(=O)c1c[nH]c(-c2nc(C3(N)CCCC3)no2)c1. The van der Waals surface area contributed by atoms with Crippen LogP contribution in [0, 0.1) is 0 Å². The molecule has 132 valence electrons. The lowest BCUT2D eigenvalue weighted by atomic mass is 9.99. The first-order chi connectivity index (χ1) is 11.4. The largest absolute Gasteiger partial charge is 0.383 e. The van der Waals surface area contributed by atoms with E-state index in [4.69, 9.17) is 15.0 Å². The predicted molar refractivity (Wildman–Crippen MR) is 85.5 cm³/mol. The van der Waals surface area contributed by atoms with Gasteiger partial charge >= 0.3 is 0 Å². The summed E-state index contributed by atoms with van der Waals surface area (Å²) >= 11 is 0. The van der Waals surface area contributed by atoms with Gasteiger partial charge in [0.05, 0.1) is 12.1 Å². The van der Waals surface area contributed by atoms with Crippen LogP contribution in [-0.4, -0.2) is 43.8 Å². The average Bonchev–Trinajstić information content (AvgIpc) is 3.27. The van der Waals surface area contributed by atoms with E-state index in [1.807, 2.05) is 0 Å². The highest BCUT2D eigenvalue weighted by Crippen LogP contribution is 2.35. The fourth-order valence-electron chi connectivity index (χ4n) is 2.78. The summed E-state index contributed by atoms with van der Waals surface area (Å²) in [4.78, 5) is 7.28. The van der Waals surface area contributed by atoms with Crippen molar-refractivity contribution in [2.24, 2.45) is 5.73 Å². The molecule has 3 rings (SSSR count). The van der Waals surface area contributed by atoms with Crippen molar-refractivity contribution in [2.45, 2.75) is 36.1 Å². The first kappa shape index (κ1) is 17.1. The van der Waals surface area contributed by atoms with Crippen LogP contribution in [0.1, 0.15) is 31.5 Å². The summed E-state index contributed by atoms with van der Waals surface area (Å²) in [6.45, 7) is 0.488. The van der Waals surface area contributed by atoms with Gasteiger partial charge < -0.3 is 20.0 Å². The van der Waals surface area contributed by atoms with Crippen LogP contribution in [0.3, 0.4) is 0 Å². The lowest BCUT2D eigenvalue weighted by Gasteiger charge is -2.17. The summed E-state index contributed by atoms with van der Waals surface area (Å²) in [5.41, 5.74) is 6.18. The van der Waals surface area contributed by atoms with Crippen molar-refractivity contribution < 1.29 is 17.7 Å². The third kappa shape index (κ3) is 3.36. The van der Waals surface area contributed by atoms with Crippen LogP contribution in [0.2, 0.25) is 0 Å². The molecule has 1 fully saturated rings. The number of aromatic nitrogens is 3. The second-order valence-electron chi connectivity index (χ2n) is 5.93. The van der Waals surface area contributed by atoms with Crippen LogP contribution in [0.25, 0.3) is 11.6 Å². The topological polar surface area (TPSA) is 136 Å². The number of rotatable bonds is 7. The second-order valence-corrected chi connectivity index (χ2v) is 7.69. The van der Waals surface area contributed by atoms with Gasteiger partial charge in [-0.1, -0.05) is 18.0 Å². The highest BCUT2D eigenvalue weighted by Gasteiger charge is 2.36. The Bertz CT molecular complexity index is 792. The quantitative estimate of drug-likeness (QED) is 0.622. The van der Waals surface area contributed by atoms with Gasteiger partial charge in [-0.25, -0.2) is 13.1 Å². The van der Waals surface area contributed by atoms with Crippen molar-refractivity contribution in [3.8, 4) is 11.6 Å². The monoisotopic (exact) mass is 355 g/mol. The molecule has 0 aliphatic heterocycles. The molecule has 1 saturated carbocycles. The van der Waals surface area contributed by atoms with Crippen LogP contribution in [-0.2, 0) is 20.3 Å². The highest BCUT2D eigenvalue weighted by molar-refractivity contribution is 7.89. The molecule has 0 unspecified atom stereocenters. The number of nitrogens with one attached hydrogen (secondary N) is 2. The van der Waals surface area contributed by atoms with E-state index in [1.54, 1.807) is 0 Å². The smallest absolute Gasteiger partial charge is 0.274 e. The zero-order valence-corrected chi connectivity index (χ0v) is 14.2. The van der Waals surface area contributed by atoms with E-state index in [0.717, 1.165) is 25.7 Å². The van der Waals surface area contributed by atoms with E-state index >= 15 is 0 Å². The Labute approximate surface area is 140 Å². The number of nitrogens with two attached hydrogens (primary N) is 1. The number of nitrogens with zero attached hydrogens (tertiary/aromatic N) is 2. The molecule has 0 atom stereocenters. The van der Waals surface area contributed by atoms with Gasteiger partial charge in [0, 0.05) is 19.9 Å². The Morgan fingerprint density at radius 2 is 2.21 bits per heavy atom. The summed E-state index contributed by atoms with van der Waals surface area (Å²) in [6.07, 6.45) is 5.10. The fraction of sp³-hybridized carbons (Fsp3) is 0.571. The van der Waals surface area contributed by atoms with Crippen molar-refractivity contribution in [3.63, 3.8) is 0 Å². The lowest BCUT2D eigenvalue weighted by molar-refractivity contribution is 0.204. The third-order valence-electron chi connectivity index (χ3n) is 4.16. The van der Waals surface area contributed by atoms with Crippen LogP contribution >= 0.6 is 0 Å². The summed E-state index contributed by atoms with van der Waals surface area (Å²) in [6, 6.07) is 1.45. The molecule has 0 saturated heterocycles. The molecule has 0 spiro atoms. The van der Waals surface area contributed by atoms with E-state index in [2.05, 4.69) is 19.8 Å². The van der Waals surface area contributed by atoms with Gasteiger partial charge in [-0.2, -0.15) is 4.98 Å². The highest BCUT2D eigenvalue weighted by atomic mass is 32.2. The minimum Gasteiger partial charge on any atom is -0.383 e. The van der Waals surface area contributed by atoms with Gasteiger partial charge in [0.15, 0.2) is 5.82 Å². The first-order valence-electron chi connectivity index (χ1n) is 7.75. The molecule has 9 nitrogen and oxygen atoms in total.